The molecule has 2 aromatic carbocycles. The van der Waals surface area contributed by atoms with Crippen molar-refractivity contribution in [1.82, 2.24) is 14.9 Å². The maximum Gasteiger partial charge on any atom is 0.145 e. The Labute approximate surface area is 146 Å². The van der Waals surface area contributed by atoms with Crippen LogP contribution in [0, 0.1) is 19.3 Å². The van der Waals surface area contributed by atoms with Gasteiger partial charge in [0, 0.05) is 6.54 Å². The van der Waals surface area contributed by atoms with Crippen molar-refractivity contribution in [2.24, 2.45) is 0 Å². The Kier molecular flexibility index (Phi) is 3.57. The number of imidazole rings is 1. The summed E-state index contributed by atoms with van der Waals surface area (Å²) in [5.74, 6) is 1.04. The largest absolute Gasteiger partial charge is 0.510 e. The van der Waals surface area contributed by atoms with Crippen molar-refractivity contribution in [2.45, 2.75) is 20.4 Å². The molecule has 0 atom stereocenters. The number of hydrogen-bond donors (Lipinski definition) is 3. The lowest BCUT2D eigenvalue weighted by molar-refractivity contribution is 0.347. The van der Waals surface area contributed by atoms with Gasteiger partial charge in [-0.2, -0.15) is 0 Å². The molecule has 0 radical (unpaired) electrons. The highest BCUT2D eigenvalue weighted by molar-refractivity contribution is 6.23. The first-order valence-corrected chi connectivity index (χ1v) is 8.29. The fourth-order valence-corrected chi connectivity index (χ4v) is 3.17. The normalized spacial score (nSPS) is 14.8. The molecule has 0 fully saturated rings. The molecule has 1 aliphatic rings. The van der Waals surface area contributed by atoms with E-state index in [2.05, 4.69) is 41.2 Å². The van der Waals surface area contributed by atoms with Gasteiger partial charge in [-0.3, -0.25) is 5.41 Å². The quantitative estimate of drug-likeness (QED) is 0.680. The topological polar surface area (TPSA) is 76.0 Å². The Bertz CT molecular complexity index is 998. The SMILES string of the molecule is Cc1ccc(CN2CC(O)=C(c3nc4ccc(C)cc4[nH]3)C2=N)cc1. The average Bonchev–Trinajstić information content (AvgIpc) is 3.10. The Balaban J connectivity index is 1.62. The lowest BCUT2D eigenvalue weighted by Crippen LogP contribution is -2.26. The lowest BCUT2D eigenvalue weighted by atomic mass is 10.1. The number of amidine groups is 1. The fraction of sp³-hybridized carbons (Fsp3) is 0.200. The van der Waals surface area contributed by atoms with Crippen LogP contribution in [0.4, 0.5) is 0 Å². The first kappa shape index (κ1) is 15.4. The molecule has 0 bridgehead atoms. The minimum Gasteiger partial charge on any atom is -0.510 e. The third-order valence-electron chi connectivity index (χ3n) is 4.55. The Hall–Kier alpha value is -3.08. The number of rotatable bonds is 3. The van der Waals surface area contributed by atoms with Crippen molar-refractivity contribution in [3.8, 4) is 0 Å². The highest BCUT2D eigenvalue weighted by Gasteiger charge is 2.30. The summed E-state index contributed by atoms with van der Waals surface area (Å²) in [6.07, 6.45) is 0. The standard InChI is InChI=1S/C20H20N4O/c1-12-3-6-14(7-4-12)10-24-11-17(25)18(19(24)21)20-22-15-8-5-13(2)9-16(15)23-20/h3-9,21,25H,10-11H2,1-2H3,(H,22,23). The predicted octanol–water partition coefficient (Wildman–Crippen LogP) is 3.94. The number of H-pyrrole nitrogens is 1. The second-order valence-corrected chi connectivity index (χ2v) is 6.62. The monoisotopic (exact) mass is 332 g/mol. The molecule has 3 N–H and O–H groups in total. The van der Waals surface area contributed by atoms with E-state index in [1.165, 1.54) is 5.56 Å². The van der Waals surface area contributed by atoms with E-state index in [1.54, 1.807) is 0 Å². The number of nitrogens with one attached hydrogen (secondary N) is 2. The van der Waals surface area contributed by atoms with E-state index in [9.17, 15) is 5.11 Å². The number of benzene rings is 2. The molecule has 1 aliphatic heterocycles. The van der Waals surface area contributed by atoms with Crippen LogP contribution in [0.3, 0.4) is 0 Å². The van der Waals surface area contributed by atoms with E-state index >= 15 is 0 Å². The van der Waals surface area contributed by atoms with Crippen LogP contribution < -0.4 is 0 Å². The van der Waals surface area contributed by atoms with Crippen LogP contribution in [-0.2, 0) is 6.54 Å². The summed E-state index contributed by atoms with van der Waals surface area (Å²) in [5, 5.41) is 18.9. The zero-order valence-electron chi connectivity index (χ0n) is 14.3. The molecule has 0 saturated heterocycles. The van der Waals surface area contributed by atoms with Gasteiger partial charge in [0.15, 0.2) is 0 Å². The fourth-order valence-electron chi connectivity index (χ4n) is 3.17. The average molecular weight is 332 g/mol. The molecule has 1 aromatic heterocycles. The second-order valence-electron chi connectivity index (χ2n) is 6.62. The molecule has 0 unspecified atom stereocenters. The van der Waals surface area contributed by atoms with Crippen LogP contribution >= 0.6 is 0 Å². The molecular weight excluding hydrogens is 312 g/mol. The molecular formula is C20H20N4O. The number of aromatic nitrogens is 2. The number of aliphatic hydroxyl groups is 1. The summed E-state index contributed by atoms with van der Waals surface area (Å²) in [5.41, 5.74) is 5.71. The number of aliphatic hydroxyl groups excluding tert-OH is 1. The van der Waals surface area contributed by atoms with Crippen molar-refractivity contribution >= 4 is 22.4 Å². The molecule has 2 heterocycles. The first-order chi connectivity index (χ1) is 12.0. The Morgan fingerprint density at radius 3 is 2.60 bits per heavy atom. The molecule has 25 heavy (non-hydrogen) atoms. The first-order valence-electron chi connectivity index (χ1n) is 8.29. The smallest absolute Gasteiger partial charge is 0.145 e. The third-order valence-corrected chi connectivity index (χ3v) is 4.55. The molecule has 0 spiro atoms. The molecule has 4 rings (SSSR count). The van der Waals surface area contributed by atoms with Crippen molar-refractivity contribution < 1.29 is 5.11 Å². The van der Waals surface area contributed by atoms with Gasteiger partial charge >= 0.3 is 0 Å². The predicted molar refractivity (Wildman–Crippen MR) is 99.7 cm³/mol. The maximum atomic E-state index is 10.4. The summed E-state index contributed by atoms with van der Waals surface area (Å²) in [4.78, 5) is 9.64. The van der Waals surface area contributed by atoms with Crippen LogP contribution in [-0.4, -0.2) is 32.4 Å². The minimum atomic E-state index is 0.188. The van der Waals surface area contributed by atoms with Gasteiger partial charge in [0.1, 0.15) is 17.4 Å². The number of fused-ring (bicyclic) bond motifs is 1. The zero-order valence-corrected chi connectivity index (χ0v) is 14.3. The second kappa shape index (κ2) is 5.77. The van der Waals surface area contributed by atoms with Gasteiger partial charge < -0.3 is 15.0 Å². The highest BCUT2D eigenvalue weighted by Crippen LogP contribution is 2.28. The van der Waals surface area contributed by atoms with Crippen LogP contribution in [0.2, 0.25) is 0 Å². The Morgan fingerprint density at radius 2 is 1.84 bits per heavy atom. The maximum absolute atomic E-state index is 10.4. The molecule has 0 aliphatic carbocycles. The van der Waals surface area contributed by atoms with Gasteiger partial charge in [-0.05, 0) is 37.1 Å². The summed E-state index contributed by atoms with van der Waals surface area (Å²) in [6.45, 7) is 5.00. The van der Waals surface area contributed by atoms with Gasteiger partial charge in [0.2, 0.25) is 0 Å². The third kappa shape index (κ3) is 2.78. The van der Waals surface area contributed by atoms with E-state index in [0.29, 0.717) is 30.3 Å². The van der Waals surface area contributed by atoms with Crippen LogP contribution in [0.1, 0.15) is 22.5 Å². The van der Waals surface area contributed by atoms with E-state index < -0.39 is 0 Å². The number of hydrogen-bond acceptors (Lipinski definition) is 3. The molecule has 5 nitrogen and oxygen atoms in total. The van der Waals surface area contributed by atoms with Gasteiger partial charge in [0.05, 0.1) is 23.2 Å². The highest BCUT2D eigenvalue weighted by atomic mass is 16.3. The molecule has 126 valence electrons. The number of nitrogens with zero attached hydrogens (tertiary/aromatic N) is 2. The Morgan fingerprint density at radius 1 is 1.12 bits per heavy atom. The van der Waals surface area contributed by atoms with Gasteiger partial charge in [-0.1, -0.05) is 35.9 Å². The van der Waals surface area contributed by atoms with E-state index in [0.717, 1.165) is 22.2 Å². The molecule has 0 saturated carbocycles. The molecule has 3 aromatic rings. The summed E-state index contributed by atoms with van der Waals surface area (Å²) in [7, 11) is 0. The van der Waals surface area contributed by atoms with Crippen LogP contribution in [0.25, 0.3) is 16.6 Å². The number of aryl methyl sites for hydroxylation is 2. The van der Waals surface area contributed by atoms with E-state index in [-0.39, 0.29) is 5.76 Å². The van der Waals surface area contributed by atoms with Gasteiger partial charge in [-0.15, -0.1) is 0 Å². The van der Waals surface area contributed by atoms with Crippen molar-refractivity contribution in [1.29, 1.82) is 5.41 Å². The minimum absolute atomic E-state index is 0.188. The van der Waals surface area contributed by atoms with Crippen molar-refractivity contribution in [3.05, 3.63) is 70.7 Å². The molecule has 0 amide bonds. The number of aromatic amines is 1. The van der Waals surface area contributed by atoms with E-state index in [4.69, 9.17) is 5.41 Å². The van der Waals surface area contributed by atoms with Crippen LogP contribution in [0.5, 0.6) is 0 Å². The van der Waals surface area contributed by atoms with Gasteiger partial charge in [0.25, 0.3) is 0 Å². The van der Waals surface area contributed by atoms with E-state index in [1.807, 2.05) is 30.0 Å². The van der Waals surface area contributed by atoms with Crippen molar-refractivity contribution in [3.63, 3.8) is 0 Å². The lowest BCUT2D eigenvalue weighted by Gasteiger charge is -2.18. The molecule has 5 heteroatoms. The van der Waals surface area contributed by atoms with Crippen molar-refractivity contribution in [2.75, 3.05) is 6.54 Å². The zero-order chi connectivity index (χ0) is 17.6. The van der Waals surface area contributed by atoms with Gasteiger partial charge in [-0.25, -0.2) is 4.98 Å². The van der Waals surface area contributed by atoms with Crippen LogP contribution in [0.15, 0.2) is 48.2 Å². The summed E-state index contributed by atoms with van der Waals surface area (Å²) >= 11 is 0. The summed E-state index contributed by atoms with van der Waals surface area (Å²) < 4.78 is 0. The summed E-state index contributed by atoms with van der Waals surface area (Å²) in [6, 6.07) is 14.2.